The zero-order chi connectivity index (χ0) is 21.5. The number of carbonyl (C=O) groups is 2. The fraction of sp³-hybridized carbons (Fsp3) is 0.667. The van der Waals surface area contributed by atoms with Crippen LogP contribution in [0, 0.1) is 5.92 Å². The Labute approximate surface area is 177 Å². The molecule has 3 aliphatic carbocycles. The molecule has 3 atom stereocenters. The van der Waals surface area contributed by atoms with Gasteiger partial charge in [0.05, 0.1) is 11.2 Å². The van der Waals surface area contributed by atoms with Gasteiger partial charge in [-0.25, -0.2) is 0 Å². The number of fused-ring (bicyclic) bond motifs is 1. The highest BCUT2D eigenvalue weighted by Crippen LogP contribution is 2.61. The van der Waals surface area contributed by atoms with E-state index < -0.39 is 16.9 Å². The van der Waals surface area contributed by atoms with Crippen molar-refractivity contribution in [3.05, 3.63) is 28.8 Å². The largest absolute Gasteiger partial charge is 0.507 e. The van der Waals surface area contributed by atoms with E-state index in [-0.39, 0.29) is 35.1 Å². The predicted octanol–water partition coefficient (Wildman–Crippen LogP) is 2.42. The van der Waals surface area contributed by atoms with E-state index in [0.717, 1.165) is 12.1 Å². The van der Waals surface area contributed by atoms with E-state index >= 15 is 0 Å². The number of Topliss-reactive ketones (excluding diaryl/α,β-unsaturated/α-hetero) is 1. The normalized spacial score (nSPS) is 34.1. The highest BCUT2D eigenvalue weighted by molar-refractivity contribution is 5.96. The average Bonchev–Trinajstić information content (AvgIpc) is 2.59. The van der Waals surface area contributed by atoms with E-state index in [1.54, 1.807) is 6.07 Å². The molecule has 162 valence electrons. The summed E-state index contributed by atoms with van der Waals surface area (Å²) < 4.78 is 0. The first-order chi connectivity index (χ1) is 14.1. The number of nitrogens with two attached hydrogens (primary N) is 1. The molecule has 2 bridgehead atoms. The van der Waals surface area contributed by atoms with Crippen molar-refractivity contribution in [1.82, 2.24) is 4.90 Å². The van der Waals surface area contributed by atoms with Gasteiger partial charge in [0.15, 0.2) is 0 Å². The van der Waals surface area contributed by atoms with Gasteiger partial charge in [0.25, 0.3) is 5.91 Å². The Kier molecular flexibility index (Phi) is 4.20. The molecule has 6 nitrogen and oxygen atoms in total. The fourth-order valence-corrected chi connectivity index (χ4v) is 7.15. The van der Waals surface area contributed by atoms with Gasteiger partial charge < -0.3 is 15.9 Å². The van der Waals surface area contributed by atoms with Gasteiger partial charge >= 0.3 is 0 Å². The van der Waals surface area contributed by atoms with Crippen molar-refractivity contribution in [2.75, 3.05) is 6.54 Å². The second kappa shape index (κ2) is 6.30. The quantitative estimate of drug-likeness (QED) is 0.707. The number of amides is 1. The van der Waals surface area contributed by atoms with Crippen molar-refractivity contribution in [3.8, 4) is 5.75 Å². The molecule has 1 saturated heterocycles. The summed E-state index contributed by atoms with van der Waals surface area (Å²) >= 11 is 0. The number of nitrogens with zero attached hydrogens (tertiary/aromatic N) is 1. The molecule has 0 aromatic heterocycles. The zero-order valence-corrected chi connectivity index (χ0v) is 17.9. The number of benzene rings is 1. The number of carbonyl (C=O) groups excluding carboxylic acids is 2. The first-order valence-corrected chi connectivity index (χ1v) is 11.3. The van der Waals surface area contributed by atoms with Crippen LogP contribution in [0.4, 0.5) is 0 Å². The summed E-state index contributed by atoms with van der Waals surface area (Å²) in [6.45, 7) is 5.36. The summed E-state index contributed by atoms with van der Waals surface area (Å²) in [4.78, 5) is 27.0. The third-order valence-corrected chi connectivity index (χ3v) is 9.09. The topological polar surface area (TPSA) is 104 Å². The minimum Gasteiger partial charge on any atom is -0.507 e. The van der Waals surface area contributed by atoms with Crippen LogP contribution in [-0.2, 0) is 16.6 Å². The van der Waals surface area contributed by atoms with Gasteiger partial charge in [-0.1, -0.05) is 12.5 Å². The summed E-state index contributed by atoms with van der Waals surface area (Å²) in [5, 5.41) is 23.3. The minimum atomic E-state index is -1.11. The Hall–Kier alpha value is -1.92. The average molecular weight is 413 g/mol. The molecule has 1 heterocycles. The number of hydrogen-bond acceptors (Lipinski definition) is 5. The van der Waals surface area contributed by atoms with Crippen LogP contribution in [0.25, 0.3) is 0 Å². The summed E-state index contributed by atoms with van der Waals surface area (Å²) in [6.07, 6.45) is 5.86. The number of rotatable bonds is 3. The van der Waals surface area contributed by atoms with Crippen molar-refractivity contribution >= 4 is 11.7 Å². The van der Waals surface area contributed by atoms with Gasteiger partial charge in [-0.3, -0.25) is 14.5 Å². The number of primary amides is 1. The molecule has 2 saturated carbocycles. The van der Waals surface area contributed by atoms with Crippen LogP contribution in [-0.4, -0.2) is 50.5 Å². The highest BCUT2D eigenvalue weighted by Gasteiger charge is 2.67. The molecule has 4 aliphatic rings. The molecule has 1 unspecified atom stereocenters. The van der Waals surface area contributed by atoms with E-state index in [1.165, 1.54) is 19.3 Å². The molecule has 1 aromatic carbocycles. The maximum atomic E-state index is 12.6. The van der Waals surface area contributed by atoms with Crippen LogP contribution in [0.3, 0.4) is 0 Å². The third kappa shape index (κ3) is 2.38. The lowest BCUT2D eigenvalue weighted by atomic mass is 9.48. The van der Waals surface area contributed by atoms with Gasteiger partial charge in [-0.05, 0) is 63.5 Å². The highest BCUT2D eigenvalue weighted by atomic mass is 16.3. The Balaban J connectivity index is 1.69. The third-order valence-electron chi connectivity index (χ3n) is 9.09. The Morgan fingerprint density at radius 3 is 2.63 bits per heavy atom. The number of hydrogen-bond donors (Lipinski definition) is 3. The van der Waals surface area contributed by atoms with Gasteiger partial charge in [0.1, 0.15) is 11.5 Å². The van der Waals surface area contributed by atoms with Crippen molar-refractivity contribution < 1.29 is 19.8 Å². The van der Waals surface area contributed by atoms with E-state index in [9.17, 15) is 19.8 Å². The monoisotopic (exact) mass is 412 g/mol. The van der Waals surface area contributed by atoms with Crippen LogP contribution in [0.5, 0.6) is 5.75 Å². The van der Waals surface area contributed by atoms with Crippen LogP contribution in [0.2, 0.25) is 0 Å². The van der Waals surface area contributed by atoms with Crippen LogP contribution >= 0.6 is 0 Å². The van der Waals surface area contributed by atoms with E-state index in [2.05, 4.69) is 18.7 Å². The zero-order valence-electron chi connectivity index (χ0n) is 17.9. The maximum absolute atomic E-state index is 12.6. The molecule has 1 aromatic rings. The van der Waals surface area contributed by atoms with Crippen LogP contribution in [0.1, 0.15) is 80.3 Å². The van der Waals surface area contributed by atoms with Crippen molar-refractivity contribution in [2.45, 2.75) is 87.8 Å². The first kappa shape index (κ1) is 20.0. The van der Waals surface area contributed by atoms with Crippen molar-refractivity contribution in [1.29, 1.82) is 0 Å². The molecule has 0 spiro atoms. The minimum absolute atomic E-state index is 0.0288. The molecular formula is C24H32N2O4. The van der Waals surface area contributed by atoms with Gasteiger partial charge in [-0.15, -0.1) is 0 Å². The van der Waals surface area contributed by atoms with Crippen molar-refractivity contribution in [2.24, 2.45) is 11.7 Å². The van der Waals surface area contributed by atoms with Crippen LogP contribution < -0.4 is 5.73 Å². The standard InChI is InChI=1S/C24H32N2O4/c1-22(2,15-4-3-5-15)26-11-10-23-13-16(27)8-9-24(23,30)18(26)12-14-6-7-17(21(25)29)20(28)19(14)23/h6-7,15,18,28,30H,3-5,8-13H2,1-2H3,(H2,25,29)/t18-,23?,24-/m1/s1. The Bertz CT molecular complexity index is 937. The summed E-state index contributed by atoms with van der Waals surface area (Å²) in [7, 11) is 0. The number of aromatic hydroxyl groups is 1. The molecule has 6 heteroatoms. The molecule has 1 amide bonds. The fourth-order valence-electron chi connectivity index (χ4n) is 7.15. The predicted molar refractivity (Wildman–Crippen MR) is 112 cm³/mol. The molecule has 0 radical (unpaired) electrons. The summed E-state index contributed by atoms with van der Waals surface area (Å²) in [6, 6.07) is 3.34. The van der Waals surface area contributed by atoms with Crippen LogP contribution in [0.15, 0.2) is 12.1 Å². The SMILES string of the molecule is CC(C)(C1CCC1)N1CCC23CC(=O)CC[C@@]2(O)[C@H]1Cc1ccc(C(N)=O)c(O)c13. The number of phenols is 1. The summed E-state index contributed by atoms with van der Waals surface area (Å²) in [5.41, 5.74) is 5.09. The molecule has 5 rings (SSSR count). The summed E-state index contributed by atoms with van der Waals surface area (Å²) in [5.74, 6) is -0.103. The smallest absolute Gasteiger partial charge is 0.252 e. The lowest BCUT2D eigenvalue weighted by Crippen LogP contribution is -2.76. The molecule has 3 fully saturated rings. The molecule has 30 heavy (non-hydrogen) atoms. The Morgan fingerprint density at radius 1 is 1.27 bits per heavy atom. The van der Waals surface area contributed by atoms with E-state index in [4.69, 9.17) is 5.73 Å². The second-order valence-corrected chi connectivity index (χ2v) is 10.5. The number of likely N-dealkylation sites (tertiary alicyclic amines) is 1. The number of aliphatic hydroxyl groups is 1. The van der Waals surface area contributed by atoms with Gasteiger partial charge in [-0.2, -0.15) is 0 Å². The lowest BCUT2D eigenvalue weighted by Gasteiger charge is -2.66. The van der Waals surface area contributed by atoms with Gasteiger partial charge in [0, 0.05) is 41.9 Å². The maximum Gasteiger partial charge on any atom is 0.252 e. The number of ketones is 1. The molecular weight excluding hydrogens is 380 g/mol. The lowest BCUT2D eigenvalue weighted by molar-refractivity contribution is -0.195. The van der Waals surface area contributed by atoms with E-state index in [1.807, 2.05) is 6.07 Å². The molecule has 1 aliphatic heterocycles. The second-order valence-electron chi connectivity index (χ2n) is 10.5. The number of piperidine rings is 1. The van der Waals surface area contributed by atoms with E-state index in [0.29, 0.717) is 37.2 Å². The molecule has 4 N–H and O–H groups in total. The Morgan fingerprint density at radius 2 is 2.00 bits per heavy atom. The first-order valence-electron chi connectivity index (χ1n) is 11.3. The van der Waals surface area contributed by atoms with Gasteiger partial charge in [0.2, 0.25) is 0 Å². The van der Waals surface area contributed by atoms with Crippen molar-refractivity contribution in [3.63, 3.8) is 0 Å².